The van der Waals surface area contributed by atoms with E-state index in [0.29, 0.717) is 0 Å². The van der Waals surface area contributed by atoms with Gasteiger partial charge in [-0.25, -0.2) is 9.37 Å². The van der Waals surface area contributed by atoms with Gasteiger partial charge in [0.25, 0.3) is 0 Å². The summed E-state index contributed by atoms with van der Waals surface area (Å²) in [6.07, 6.45) is 5.54. The molecule has 3 aromatic rings. The van der Waals surface area contributed by atoms with Gasteiger partial charge >= 0.3 is 0 Å². The van der Waals surface area contributed by atoms with E-state index in [4.69, 9.17) is 5.73 Å². The van der Waals surface area contributed by atoms with Gasteiger partial charge in [-0.15, -0.1) is 0 Å². The monoisotopic (exact) mass is 296 g/mol. The number of aromatic nitrogens is 3. The van der Waals surface area contributed by atoms with Gasteiger partial charge in [0.2, 0.25) is 0 Å². The molecule has 4 rings (SSSR count). The first-order valence-corrected chi connectivity index (χ1v) is 7.53. The van der Waals surface area contributed by atoms with Gasteiger partial charge in [0.05, 0.1) is 29.0 Å². The van der Waals surface area contributed by atoms with Crippen LogP contribution in [0, 0.1) is 5.82 Å². The summed E-state index contributed by atoms with van der Waals surface area (Å²) in [6.45, 7) is 1.89. The first-order chi connectivity index (χ1) is 10.7. The zero-order valence-corrected chi connectivity index (χ0v) is 12.3. The minimum absolute atomic E-state index is 0.156. The molecule has 1 aliphatic rings. The molecule has 2 heterocycles. The van der Waals surface area contributed by atoms with Gasteiger partial charge in [-0.05, 0) is 49.9 Å². The molecule has 112 valence electrons. The highest BCUT2D eigenvalue weighted by Crippen LogP contribution is 2.45. The fourth-order valence-corrected chi connectivity index (χ4v) is 3.00. The van der Waals surface area contributed by atoms with Crippen molar-refractivity contribution in [3.63, 3.8) is 0 Å². The van der Waals surface area contributed by atoms with E-state index in [9.17, 15) is 4.39 Å². The number of imidazole rings is 1. The first-order valence-electron chi connectivity index (χ1n) is 7.53. The summed E-state index contributed by atoms with van der Waals surface area (Å²) in [5, 5.41) is 0. The number of pyridine rings is 1. The minimum atomic E-state index is -0.247. The molecule has 0 saturated heterocycles. The summed E-state index contributed by atoms with van der Waals surface area (Å²) in [7, 11) is 0. The number of benzene rings is 1. The molecular formula is C17H17FN4. The maximum atomic E-state index is 14.4. The minimum Gasteiger partial charge on any atom is -0.322 e. The van der Waals surface area contributed by atoms with Crippen molar-refractivity contribution in [2.75, 3.05) is 0 Å². The molecule has 0 bridgehead atoms. The quantitative estimate of drug-likeness (QED) is 0.805. The Morgan fingerprint density at radius 3 is 2.77 bits per heavy atom. The number of hydrogen-bond donors (Lipinski definition) is 1. The van der Waals surface area contributed by atoms with Gasteiger partial charge in [0, 0.05) is 11.8 Å². The van der Waals surface area contributed by atoms with Crippen LogP contribution in [0.15, 0.2) is 36.7 Å². The average molecular weight is 296 g/mol. The van der Waals surface area contributed by atoms with Gasteiger partial charge in [-0.3, -0.25) is 9.55 Å². The van der Waals surface area contributed by atoms with Gasteiger partial charge in [0.1, 0.15) is 11.6 Å². The van der Waals surface area contributed by atoms with Crippen molar-refractivity contribution in [2.24, 2.45) is 5.73 Å². The van der Waals surface area contributed by atoms with E-state index in [-0.39, 0.29) is 17.8 Å². The molecular weight excluding hydrogens is 279 g/mol. The summed E-state index contributed by atoms with van der Waals surface area (Å²) < 4.78 is 16.4. The van der Waals surface area contributed by atoms with Crippen LogP contribution in [0.1, 0.15) is 43.1 Å². The Morgan fingerprint density at radius 2 is 2.14 bits per heavy atom. The molecule has 1 aliphatic carbocycles. The third-order valence-corrected chi connectivity index (χ3v) is 4.13. The normalized spacial score (nSPS) is 16.1. The van der Waals surface area contributed by atoms with Crippen LogP contribution >= 0.6 is 0 Å². The fourth-order valence-electron chi connectivity index (χ4n) is 3.00. The summed E-state index contributed by atoms with van der Waals surface area (Å²) >= 11 is 0. The number of nitrogens with zero attached hydrogens (tertiary/aromatic N) is 3. The number of hydrogen-bond acceptors (Lipinski definition) is 3. The molecule has 1 fully saturated rings. The van der Waals surface area contributed by atoms with E-state index < -0.39 is 0 Å². The molecule has 0 radical (unpaired) electrons. The van der Waals surface area contributed by atoms with E-state index in [1.165, 1.54) is 6.07 Å². The predicted molar refractivity (Wildman–Crippen MR) is 83.4 cm³/mol. The summed E-state index contributed by atoms with van der Waals surface area (Å²) in [6, 6.07) is 6.81. The molecule has 0 amide bonds. The third-order valence-electron chi connectivity index (χ3n) is 4.13. The smallest absolute Gasteiger partial charge is 0.131 e. The lowest BCUT2D eigenvalue weighted by molar-refractivity contribution is 0.612. The van der Waals surface area contributed by atoms with Crippen LogP contribution in [0.3, 0.4) is 0 Å². The molecule has 22 heavy (non-hydrogen) atoms. The van der Waals surface area contributed by atoms with Crippen molar-refractivity contribution in [3.8, 4) is 5.69 Å². The topological polar surface area (TPSA) is 56.7 Å². The Kier molecular flexibility index (Phi) is 2.97. The van der Waals surface area contributed by atoms with Crippen molar-refractivity contribution in [1.82, 2.24) is 14.5 Å². The Hall–Kier alpha value is -2.27. The molecule has 5 heteroatoms. The van der Waals surface area contributed by atoms with Crippen molar-refractivity contribution >= 4 is 11.0 Å². The second-order valence-corrected chi connectivity index (χ2v) is 5.91. The van der Waals surface area contributed by atoms with Crippen molar-refractivity contribution in [1.29, 1.82) is 0 Å². The lowest BCUT2D eigenvalue weighted by Gasteiger charge is -2.13. The van der Waals surface area contributed by atoms with E-state index in [2.05, 4.69) is 9.97 Å². The number of nitrogens with two attached hydrogens (primary N) is 1. The molecule has 0 spiro atoms. The molecule has 1 atom stereocenters. The molecule has 0 aliphatic heterocycles. The zero-order chi connectivity index (χ0) is 15.3. The predicted octanol–water partition coefficient (Wildman–Crippen LogP) is 3.46. The molecule has 1 saturated carbocycles. The lowest BCUT2D eigenvalue weighted by atomic mass is 10.1. The highest BCUT2D eigenvalue weighted by molar-refractivity contribution is 5.83. The molecule has 4 nitrogen and oxygen atoms in total. The Bertz CT molecular complexity index is 835. The number of fused-ring (bicyclic) bond motifs is 1. The highest BCUT2D eigenvalue weighted by Gasteiger charge is 2.31. The second-order valence-electron chi connectivity index (χ2n) is 5.91. The van der Waals surface area contributed by atoms with Crippen LogP contribution in [0.5, 0.6) is 0 Å². The summed E-state index contributed by atoms with van der Waals surface area (Å²) in [5.74, 6) is 0.864. The van der Waals surface area contributed by atoms with Crippen molar-refractivity contribution in [2.45, 2.75) is 31.7 Å². The Labute approximate surface area is 127 Å². The third kappa shape index (κ3) is 2.01. The molecule has 2 aromatic heterocycles. The first kappa shape index (κ1) is 13.4. The van der Waals surface area contributed by atoms with Crippen LogP contribution < -0.4 is 5.73 Å². The Balaban J connectivity index is 2.11. The van der Waals surface area contributed by atoms with E-state index >= 15 is 0 Å². The van der Waals surface area contributed by atoms with Gasteiger partial charge < -0.3 is 5.73 Å². The molecule has 0 unspecified atom stereocenters. The van der Waals surface area contributed by atoms with E-state index in [1.807, 2.05) is 23.6 Å². The largest absolute Gasteiger partial charge is 0.322 e. The van der Waals surface area contributed by atoms with E-state index in [1.54, 1.807) is 18.5 Å². The Morgan fingerprint density at radius 1 is 1.32 bits per heavy atom. The number of halogens is 1. The highest BCUT2D eigenvalue weighted by atomic mass is 19.1. The zero-order valence-electron chi connectivity index (χ0n) is 12.3. The maximum Gasteiger partial charge on any atom is 0.131 e. The van der Waals surface area contributed by atoms with Gasteiger partial charge in [-0.2, -0.15) is 0 Å². The van der Waals surface area contributed by atoms with Crippen LogP contribution in [-0.2, 0) is 0 Å². The van der Waals surface area contributed by atoms with Crippen LogP contribution in [0.25, 0.3) is 16.7 Å². The van der Waals surface area contributed by atoms with Gasteiger partial charge in [0.15, 0.2) is 0 Å². The maximum absolute atomic E-state index is 14.4. The second kappa shape index (κ2) is 4.88. The molecule has 2 N–H and O–H groups in total. The van der Waals surface area contributed by atoms with Crippen molar-refractivity contribution < 1.29 is 4.39 Å². The summed E-state index contributed by atoms with van der Waals surface area (Å²) in [5.41, 5.74) is 9.36. The standard InChI is InChI=1S/C17H17FN4/c1-10(19)17-21-14-7-6-13(18)15(11-4-5-11)16(14)22(17)12-3-2-8-20-9-12/h2-3,6-11H,4-5,19H2,1H3/t10-/m0/s1. The van der Waals surface area contributed by atoms with Crippen LogP contribution in [-0.4, -0.2) is 14.5 Å². The SMILES string of the molecule is C[C@H](N)c1nc2ccc(F)c(C3CC3)c2n1-c1cccnc1. The van der Waals surface area contributed by atoms with Gasteiger partial charge in [-0.1, -0.05) is 0 Å². The van der Waals surface area contributed by atoms with E-state index in [0.717, 1.165) is 41.0 Å². The molecule has 1 aromatic carbocycles. The van der Waals surface area contributed by atoms with Crippen LogP contribution in [0.2, 0.25) is 0 Å². The van der Waals surface area contributed by atoms with Crippen LogP contribution in [0.4, 0.5) is 4.39 Å². The number of rotatable bonds is 3. The fraction of sp³-hybridized carbons (Fsp3) is 0.294. The summed E-state index contributed by atoms with van der Waals surface area (Å²) in [4.78, 5) is 8.82. The average Bonchev–Trinajstić information content (AvgIpc) is 3.27. The van der Waals surface area contributed by atoms with Crippen molar-refractivity contribution in [3.05, 3.63) is 53.9 Å². The lowest BCUT2D eigenvalue weighted by Crippen LogP contribution is -2.13.